The topological polar surface area (TPSA) is 84.5 Å². The molecule has 28 heavy (non-hydrogen) atoms. The summed E-state index contributed by atoms with van der Waals surface area (Å²) in [5.74, 6) is -0.970. The molecule has 2 aromatic rings. The van der Waals surface area contributed by atoms with Crippen molar-refractivity contribution in [3.63, 3.8) is 0 Å². The Balaban J connectivity index is 1.90. The molecule has 1 fully saturated rings. The Hall–Kier alpha value is -2.16. The Labute approximate surface area is 168 Å². The second-order valence-corrected chi connectivity index (χ2v) is 9.02. The minimum absolute atomic E-state index is 0.00309. The minimum atomic E-state index is -3.57. The summed E-state index contributed by atoms with van der Waals surface area (Å²) in [7, 11) is -2.20. The number of carbonyl (C=O) groups excluding carboxylic acids is 1. The zero-order valence-corrected chi connectivity index (χ0v) is 16.7. The summed E-state index contributed by atoms with van der Waals surface area (Å²) in [5, 5.41) is 5.80. The van der Waals surface area contributed by atoms with Gasteiger partial charge >= 0.3 is 0 Å². The van der Waals surface area contributed by atoms with E-state index in [4.69, 9.17) is 16.3 Å². The largest absolute Gasteiger partial charge is 0.496 e. The molecule has 1 aliphatic rings. The van der Waals surface area contributed by atoms with E-state index in [0.29, 0.717) is 6.54 Å². The molecular weight excluding hydrogens is 407 g/mol. The SMILES string of the molecule is COc1ccc(S(=O)(=O)C[C@H]2CCNC2)cc1C(=O)Nc1cc(F)ccc1Cl. The molecule has 9 heteroatoms. The van der Waals surface area contributed by atoms with Crippen LogP contribution in [-0.2, 0) is 9.84 Å². The van der Waals surface area contributed by atoms with Crippen molar-refractivity contribution in [3.05, 3.63) is 52.8 Å². The first kappa shape index (κ1) is 20.6. The smallest absolute Gasteiger partial charge is 0.259 e. The molecule has 1 aliphatic heterocycles. The first-order chi connectivity index (χ1) is 13.3. The Bertz CT molecular complexity index is 991. The quantitative estimate of drug-likeness (QED) is 0.741. The van der Waals surface area contributed by atoms with E-state index in [1.165, 1.54) is 37.4 Å². The van der Waals surface area contributed by atoms with Gasteiger partial charge in [-0.15, -0.1) is 0 Å². The fraction of sp³-hybridized carbons (Fsp3) is 0.316. The summed E-state index contributed by atoms with van der Waals surface area (Å²) in [4.78, 5) is 12.7. The van der Waals surface area contributed by atoms with E-state index in [0.717, 1.165) is 19.0 Å². The average Bonchev–Trinajstić information content (AvgIpc) is 3.16. The molecule has 1 heterocycles. The second-order valence-electron chi connectivity index (χ2n) is 6.58. The monoisotopic (exact) mass is 426 g/mol. The van der Waals surface area contributed by atoms with Crippen LogP contribution < -0.4 is 15.4 Å². The average molecular weight is 427 g/mol. The number of anilines is 1. The third-order valence-electron chi connectivity index (χ3n) is 4.57. The van der Waals surface area contributed by atoms with E-state index in [1.54, 1.807) is 0 Å². The minimum Gasteiger partial charge on any atom is -0.496 e. The van der Waals surface area contributed by atoms with Crippen molar-refractivity contribution >= 4 is 33.0 Å². The van der Waals surface area contributed by atoms with Gasteiger partial charge in [0.05, 0.1) is 34.0 Å². The number of hydrogen-bond donors (Lipinski definition) is 2. The summed E-state index contributed by atoms with van der Waals surface area (Å²) >= 11 is 5.99. The van der Waals surface area contributed by atoms with Gasteiger partial charge in [0.25, 0.3) is 5.91 Å². The molecule has 1 atom stereocenters. The summed E-state index contributed by atoms with van der Waals surface area (Å²) in [6.07, 6.45) is 0.792. The lowest BCUT2D eigenvalue weighted by molar-refractivity contribution is 0.102. The lowest BCUT2D eigenvalue weighted by Gasteiger charge is -2.14. The van der Waals surface area contributed by atoms with Gasteiger partial charge in [-0.05, 0) is 61.8 Å². The number of carbonyl (C=O) groups is 1. The van der Waals surface area contributed by atoms with Crippen LogP contribution >= 0.6 is 11.6 Å². The predicted molar refractivity (Wildman–Crippen MR) is 105 cm³/mol. The van der Waals surface area contributed by atoms with Crippen molar-refractivity contribution in [1.82, 2.24) is 5.32 Å². The molecule has 0 bridgehead atoms. The van der Waals surface area contributed by atoms with Crippen molar-refractivity contribution in [2.24, 2.45) is 5.92 Å². The summed E-state index contributed by atoms with van der Waals surface area (Å²) in [6.45, 7) is 1.45. The maximum absolute atomic E-state index is 13.4. The molecule has 6 nitrogen and oxygen atoms in total. The van der Waals surface area contributed by atoms with Gasteiger partial charge in [-0.1, -0.05) is 11.6 Å². The van der Waals surface area contributed by atoms with Gasteiger partial charge in [0.15, 0.2) is 9.84 Å². The number of ether oxygens (including phenoxy) is 1. The highest BCUT2D eigenvalue weighted by Gasteiger charge is 2.26. The third kappa shape index (κ3) is 4.63. The van der Waals surface area contributed by atoms with E-state index in [1.807, 2.05) is 0 Å². The molecular formula is C19H20ClFN2O4S. The number of halogens is 2. The standard InChI is InChI=1S/C19H20ClFN2O4S/c1-27-18-5-3-14(28(25,26)11-12-6-7-22-10-12)9-15(18)19(24)23-17-8-13(21)2-4-16(17)20/h2-5,8-9,12,22H,6-7,10-11H2,1H3,(H,23,24)/t12-/m0/s1. The van der Waals surface area contributed by atoms with Crippen molar-refractivity contribution in [2.45, 2.75) is 11.3 Å². The summed E-state index contributed by atoms with van der Waals surface area (Å²) in [5.41, 5.74) is 0.104. The van der Waals surface area contributed by atoms with Gasteiger partial charge in [0.2, 0.25) is 0 Å². The highest BCUT2D eigenvalue weighted by Crippen LogP contribution is 2.28. The molecule has 1 amide bonds. The number of methoxy groups -OCH3 is 1. The molecule has 0 radical (unpaired) electrons. The van der Waals surface area contributed by atoms with Crippen LogP contribution in [0.2, 0.25) is 5.02 Å². The molecule has 0 aromatic heterocycles. The van der Waals surface area contributed by atoms with E-state index >= 15 is 0 Å². The highest BCUT2D eigenvalue weighted by atomic mass is 35.5. The first-order valence-corrected chi connectivity index (χ1v) is 10.7. The van der Waals surface area contributed by atoms with Gasteiger partial charge < -0.3 is 15.4 Å². The molecule has 0 unspecified atom stereocenters. The number of sulfone groups is 1. The highest BCUT2D eigenvalue weighted by molar-refractivity contribution is 7.91. The van der Waals surface area contributed by atoms with Crippen LogP contribution in [0.5, 0.6) is 5.75 Å². The Morgan fingerprint density at radius 3 is 2.79 bits per heavy atom. The maximum Gasteiger partial charge on any atom is 0.259 e. The fourth-order valence-electron chi connectivity index (χ4n) is 3.10. The number of rotatable bonds is 6. The van der Waals surface area contributed by atoms with E-state index < -0.39 is 21.6 Å². The van der Waals surface area contributed by atoms with Crippen LogP contribution in [0, 0.1) is 11.7 Å². The van der Waals surface area contributed by atoms with Crippen LogP contribution in [0.15, 0.2) is 41.3 Å². The van der Waals surface area contributed by atoms with Crippen LogP contribution in [0.1, 0.15) is 16.8 Å². The lowest BCUT2D eigenvalue weighted by Crippen LogP contribution is -2.20. The number of hydrogen-bond acceptors (Lipinski definition) is 5. The van der Waals surface area contributed by atoms with Gasteiger partial charge in [0.1, 0.15) is 11.6 Å². The second kappa shape index (κ2) is 8.46. The van der Waals surface area contributed by atoms with Gasteiger partial charge in [-0.3, -0.25) is 4.79 Å². The molecule has 3 rings (SSSR count). The predicted octanol–water partition coefficient (Wildman–Crippen LogP) is 3.12. The third-order valence-corrected chi connectivity index (χ3v) is 6.78. The van der Waals surface area contributed by atoms with E-state index in [2.05, 4.69) is 10.6 Å². The zero-order valence-electron chi connectivity index (χ0n) is 15.2. The van der Waals surface area contributed by atoms with Gasteiger partial charge in [-0.25, -0.2) is 12.8 Å². The van der Waals surface area contributed by atoms with Crippen molar-refractivity contribution in [1.29, 1.82) is 0 Å². The maximum atomic E-state index is 13.4. The normalized spacial score (nSPS) is 16.8. The van der Waals surface area contributed by atoms with Gasteiger partial charge in [-0.2, -0.15) is 0 Å². The Morgan fingerprint density at radius 2 is 2.11 bits per heavy atom. The van der Waals surface area contributed by atoms with Crippen LogP contribution in [0.3, 0.4) is 0 Å². The van der Waals surface area contributed by atoms with Crippen molar-refractivity contribution < 1.29 is 22.3 Å². The van der Waals surface area contributed by atoms with E-state index in [-0.39, 0.29) is 38.6 Å². The molecule has 2 aromatic carbocycles. The van der Waals surface area contributed by atoms with Crippen LogP contribution in [0.25, 0.3) is 0 Å². The molecule has 0 saturated carbocycles. The Morgan fingerprint density at radius 1 is 1.32 bits per heavy atom. The van der Waals surface area contributed by atoms with Gasteiger partial charge in [0, 0.05) is 0 Å². The Kier molecular flexibility index (Phi) is 6.22. The van der Waals surface area contributed by atoms with Crippen LogP contribution in [-0.4, -0.2) is 40.3 Å². The van der Waals surface area contributed by atoms with Crippen molar-refractivity contribution in [3.8, 4) is 5.75 Å². The summed E-state index contributed by atoms with van der Waals surface area (Å²) in [6, 6.07) is 7.70. The number of benzene rings is 2. The summed E-state index contributed by atoms with van der Waals surface area (Å²) < 4.78 is 44.1. The molecule has 1 saturated heterocycles. The fourth-order valence-corrected chi connectivity index (χ4v) is 4.94. The zero-order chi connectivity index (χ0) is 20.3. The number of amides is 1. The molecule has 150 valence electrons. The lowest BCUT2D eigenvalue weighted by atomic mass is 10.1. The molecule has 2 N–H and O–H groups in total. The first-order valence-electron chi connectivity index (χ1n) is 8.68. The molecule has 0 spiro atoms. The van der Waals surface area contributed by atoms with Crippen molar-refractivity contribution in [2.75, 3.05) is 31.3 Å². The van der Waals surface area contributed by atoms with E-state index in [9.17, 15) is 17.6 Å². The van der Waals surface area contributed by atoms with Crippen LogP contribution in [0.4, 0.5) is 10.1 Å². The molecule has 0 aliphatic carbocycles. The number of nitrogens with one attached hydrogen (secondary N) is 2.